The Bertz CT molecular complexity index is 437. The second kappa shape index (κ2) is 4.44. The highest BCUT2D eigenvalue weighted by Gasteiger charge is 2.43. The van der Waals surface area contributed by atoms with E-state index in [0.29, 0.717) is 12.2 Å². The van der Waals surface area contributed by atoms with Gasteiger partial charge in [0.2, 0.25) is 0 Å². The van der Waals surface area contributed by atoms with Crippen molar-refractivity contribution >= 4 is 0 Å². The highest BCUT2D eigenvalue weighted by Crippen LogP contribution is 2.44. The topological polar surface area (TPSA) is 58.9 Å². The Morgan fingerprint density at radius 1 is 1.11 bits per heavy atom. The fourth-order valence-electron chi connectivity index (χ4n) is 2.86. The molecule has 1 saturated heterocycles. The lowest BCUT2D eigenvalue weighted by Gasteiger charge is -2.31. The molecule has 4 heteroatoms. The summed E-state index contributed by atoms with van der Waals surface area (Å²) < 4.78 is 11.8. The van der Waals surface area contributed by atoms with Crippen LogP contribution in [0, 0.1) is 0 Å². The normalized spacial score (nSPS) is 26.6. The maximum atomic E-state index is 9.84. The number of hydrogen-bond donors (Lipinski definition) is 2. The van der Waals surface area contributed by atoms with E-state index in [4.69, 9.17) is 9.47 Å². The molecule has 1 saturated carbocycles. The number of ether oxygens (including phenoxy) is 2. The summed E-state index contributed by atoms with van der Waals surface area (Å²) in [5, 5.41) is 19.3. The van der Waals surface area contributed by atoms with Gasteiger partial charge in [-0.25, -0.2) is 0 Å². The van der Waals surface area contributed by atoms with Crippen molar-refractivity contribution in [1.82, 2.24) is 0 Å². The largest absolute Gasteiger partial charge is 0.508 e. The first-order valence-electron chi connectivity index (χ1n) is 6.52. The Morgan fingerprint density at radius 2 is 1.89 bits per heavy atom. The van der Waals surface area contributed by atoms with Gasteiger partial charge < -0.3 is 19.7 Å². The van der Waals surface area contributed by atoms with Gasteiger partial charge in [-0.2, -0.15) is 0 Å². The molecule has 0 amide bonds. The maximum Gasteiger partial charge on any atom is 0.169 e. The first kappa shape index (κ1) is 11.8. The molecule has 1 aliphatic carbocycles. The molecule has 2 N–H and O–H groups in total. The fraction of sp³-hybridized carbons (Fsp3) is 0.571. The molecule has 3 rings (SSSR count). The Hall–Kier alpha value is -1.26. The minimum Gasteiger partial charge on any atom is -0.508 e. The summed E-state index contributed by atoms with van der Waals surface area (Å²) in [4.78, 5) is 0. The summed E-state index contributed by atoms with van der Waals surface area (Å²) in [6.07, 6.45) is 5.04. The van der Waals surface area contributed by atoms with Crippen molar-refractivity contribution in [3.05, 3.63) is 23.8 Å². The van der Waals surface area contributed by atoms with Crippen molar-refractivity contribution in [3.63, 3.8) is 0 Å². The molecule has 18 heavy (non-hydrogen) atoms. The molecule has 4 nitrogen and oxygen atoms in total. The summed E-state index contributed by atoms with van der Waals surface area (Å²) in [5.41, 5.74) is 0.609. The highest BCUT2D eigenvalue weighted by atomic mass is 16.7. The first-order valence-corrected chi connectivity index (χ1v) is 6.52. The zero-order valence-corrected chi connectivity index (χ0v) is 10.3. The molecule has 1 atom stereocenters. The van der Waals surface area contributed by atoms with Crippen molar-refractivity contribution in [2.24, 2.45) is 0 Å². The lowest BCUT2D eigenvalue weighted by atomic mass is 9.94. The lowest BCUT2D eigenvalue weighted by Crippen LogP contribution is -2.32. The van der Waals surface area contributed by atoms with Gasteiger partial charge in [0, 0.05) is 18.4 Å². The van der Waals surface area contributed by atoms with E-state index in [-0.39, 0.29) is 17.6 Å². The van der Waals surface area contributed by atoms with Crippen molar-refractivity contribution in [2.75, 3.05) is 6.61 Å². The quantitative estimate of drug-likeness (QED) is 0.752. The zero-order valence-electron chi connectivity index (χ0n) is 10.3. The van der Waals surface area contributed by atoms with E-state index < -0.39 is 5.79 Å². The van der Waals surface area contributed by atoms with Crippen LogP contribution in [-0.2, 0) is 9.47 Å². The summed E-state index contributed by atoms with van der Waals surface area (Å²) in [5.74, 6) is -0.175. The van der Waals surface area contributed by atoms with Gasteiger partial charge in [-0.3, -0.25) is 0 Å². The lowest BCUT2D eigenvalue weighted by molar-refractivity contribution is -0.187. The third-order valence-electron chi connectivity index (χ3n) is 3.83. The maximum absolute atomic E-state index is 9.84. The Balaban J connectivity index is 1.80. The van der Waals surface area contributed by atoms with Crippen molar-refractivity contribution in [2.45, 2.75) is 44.0 Å². The summed E-state index contributed by atoms with van der Waals surface area (Å²) in [6.45, 7) is 0.441. The predicted octanol–water partition coefficient (Wildman–Crippen LogP) is 2.85. The number of hydrogen-bond acceptors (Lipinski definition) is 4. The van der Waals surface area contributed by atoms with Gasteiger partial charge in [-0.1, -0.05) is 6.42 Å². The molecule has 1 aromatic carbocycles. The number of phenolic OH excluding ortho intramolecular Hbond substituents is 2. The molecule has 1 spiro atoms. The van der Waals surface area contributed by atoms with Gasteiger partial charge in [0.05, 0.1) is 6.61 Å². The van der Waals surface area contributed by atoms with Crippen LogP contribution in [0.5, 0.6) is 11.5 Å². The molecule has 1 aliphatic heterocycles. The minimum absolute atomic E-state index is 0.135. The van der Waals surface area contributed by atoms with E-state index in [1.807, 2.05) is 0 Å². The van der Waals surface area contributed by atoms with E-state index in [2.05, 4.69) is 0 Å². The summed E-state index contributed by atoms with van der Waals surface area (Å²) >= 11 is 0. The number of aromatic hydroxyl groups is 2. The molecule has 0 bridgehead atoms. The van der Waals surface area contributed by atoms with E-state index in [9.17, 15) is 10.2 Å². The van der Waals surface area contributed by atoms with Crippen LogP contribution < -0.4 is 0 Å². The molecule has 1 heterocycles. The molecule has 0 radical (unpaired) electrons. The van der Waals surface area contributed by atoms with Crippen LogP contribution in [0.4, 0.5) is 0 Å². The molecule has 1 aromatic rings. The average Bonchev–Trinajstić information content (AvgIpc) is 2.77. The third kappa shape index (κ3) is 2.06. The van der Waals surface area contributed by atoms with Gasteiger partial charge in [-0.15, -0.1) is 0 Å². The standard InChI is InChI=1S/C14H18O4/c15-10-4-5-12(16)11(8-10)13-9-17-14(18-13)6-2-1-3-7-14/h4-5,8,13,15-16H,1-3,6-7,9H2. The highest BCUT2D eigenvalue weighted by molar-refractivity contribution is 5.40. The van der Waals surface area contributed by atoms with Crippen LogP contribution in [-0.4, -0.2) is 22.6 Å². The van der Waals surface area contributed by atoms with Gasteiger partial charge >= 0.3 is 0 Å². The smallest absolute Gasteiger partial charge is 0.169 e. The van der Waals surface area contributed by atoms with E-state index in [1.165, 1.54) is 18.6 Å². The molecule has 1 unspecified atom stereocenters. The molecular formula is C14H18O4. The monoisotopic (exact) mass is 250 g/mol. The van der Waals surface area contributed by atoms with Gasteiger partial charge in [0.15, 0.2) is 5.79 Å². The molecule has 2 aliphatic rings. The van der Waals surface area contributed by atoms with Crippen molar-refractivity contribution < 1.29 is 19.7 Å². The summed E-state index contributed by atoms with van der Waals surface area (Å²) in [7, 11) is 0. The second-order valence-corrected chi connectivity index (χ2v) is 5.13. The van der Waals surface area contributed by atoms with Crippen LogP contribution in [0.2, 0.25) is 0 Å². The molecule has 98 valence electrons. The molecule has 2 fully saturated rings. The number of benzene rings is 1. The zero-order chi connectivity index (χ0) is 12.6. The molecule has 0 aromatic heterocycles. The average molecular weight is 250 g/mol. The van der Waals surface area contributed by atoms with E-state index in [1.54, 1.807) is 6.07 Å². The number of rotatable bonds is 1. The van der Waals surface area contributed by atoms with Crippen LogP contribution in [0.15, 0.2) is 18.2 Å². The first-order chi connectivity index (χ1) is 8.69. The van der Waals surface area contributed by atoms with Gasteiger partial charge in [-0.05, 0) is 31.0 Å². The van der Waals surface area contributed by atoms with E-state index in [0.717, 1.165) is 25.7 Å². The fourth-order valence-corrected chi connectivity index (χ4v) is 2.86. The predicted molar refractivity (Wildman–Crippen MR) is 65.4 cm³/mol. The van der Waals surface area contributed by atoms with Crippen LogP contribution >= 0.6 is 0 Å². The van der Waals surface area contributed by atoms with Crippen LogP contribution in [0.1, 0.15) is 43.8 Å². The van der Waals surface area contributed by atoms with Crippen molar-refractivity contribution in [3.8, 4) is 11.5 Å². The Morgan fingerprint density at radius 3 is 2.67 bits per heavy atom. The SMILES string of the molecule is Oc1ccc(O)c(C2COC3(CCCCC3)O2)c1. The Labute approximate surface area is 106 Å². The third-order valence-corrected chi connectivity index (χ3v) is 3.83. The van der Waals surface area contributed by atoms with Crippen LogP contribution in [0.25, 0.3) is 0 Å². The van der Waals surface area contributed by atoms with Crippen LogP contribution in [0.3, 0.4) is 0 Å². The van der Waals surface area contributed by atoms with E-state index >= 15 is 0 Å². The summed E-state index contributed by atoms with van der Waals surface area (Å²) in [6, 6.07) is 4.50. The second-order valence-electron chi connectivity index (χ2n) is 5.13. The number of phenols is 2. The Kier molecular flexibility index (Phi) is 2.92. The van der Waals surface area contributed by atoms with Gasteiger partial charge in [0.25, 0.3) is 0 Å². The molecular weight excluding hydrogens is 232 g/mol. The minimum atomic E-state index is -0.458. The van der Waals surface area contributed by atoms with Crippen molar-refractivity contribution in [1.29, 1.82) is 0 Å². The van der Waals surface area contributed by atoms with Gasteiger partial charge in [0.1, 0.15) is 17.6 Å².